The molecule has 1 heterocycles. The Morgan fingerprint density at radius 1 is 1.27 bits per heavy atom. The molecular weight excluding hydrogens is 384 g/mol. The molecule has 0 spiro atoms. The van der Waals surface area contributed by atoms with Gasteiger partial charge in [-0.15, -0.1) is 0 Å². The number of aromatic nitrogens is 2. The van der Waals surface area contributed by atoms with E-state index < -0.39 is 4.92 Å². The second kappa shape index (κ2) is 8.86. The van der Waals surface area contributed by atoms with Crippen molar-refractivity contribution in [3.63, 3.8) is 0 Å². The number of benzene rings is 2. The Bertz CT molecular complexity index is 1160. The van der Waals surface area contributed by atoms with E-state index in [0.717, 1.165) is 5.56 Å². The standard InChI is InChI=1S/C22H24N4O4/c1-15-7-4-10-19-21(15)23-14-25(22(19)28)12-6-11-20(27)24(3)16(2)17-8-5-9-18(13-17)26(29)30/h4-5,7-10,13-14,16H,6,11-12H2,1-3H3/t16-/m1/s1. The number of amides is 1. The molecule has 8 heteroatoms. The van der Waals surface area contributed by atoms with Gasteiger partial charge in [0.1, 0.15) is 0 Å². The first kappa shape index (κ1) is 21.2. The van der Waals surface area contributed by atoms with Gasteiger partial charge in [0.15, 0.2) is 0 Å². The lowest BCUT2D eigenvalue weighted by atomic mass is 10.1. The maximum absolute atomic E-state index is 12.6. The Hall–Kier alpha value is -3.55. The highest BCUT2D eigenvalue weighted by atomic mass is 16.6. The van der Waals surface area contributed by atoms with Crippen molar-refractivity contribution < 1.29 is 9.72 Å². The monoisotopic (exact) mass is 408 g/mol. The number of hydrogen-bond donors (Lipinski definition) is 0. The van der Waals surface area contributed by atoms with Gasteiger partial charge in [-0.05, 0) is 37.5 Å². The number of para-hydroxylation sites is 1. The molecule has 1 amide bonds. The first-order valence-corrected chi connectivity index (χ1v) is 9.74. The van der Waals surface area contributed by atoms with E-state index in [1.54, 1.807) is 30.1 Å². The molecule has 0 fully saturated rings. The average Bonchev–Trinajstić information content (AvgIpc) is 2.74. The van der Waals surface area contributed by atoms with Crippen molar-refractivity contribution in [2.45, 2.75) is 39.3 Å². The largest absolute Gasteiger partial charge is 0.339 e. The molecule has 0 aliphatic heterocycles. The van der Waals surface area contributed by atoms with Crippen LogP contribution in [0.5, 0.6) is 0 Å². The second-order valence-corrected chi connectivity index (χ2v) is 7.35. The van der Waals surface area contributed by atoms with E-state index in [0.29, 0.717) is 29.4 Å². The molecular formula is C22H24N4O4. The Labute approximate surface area is 173 Å². The van der Waals surface area contributed by atoms with Crippen LogP contribution >= 0.6 is 0 Å². The molecule has 30 heavy (non-hydrogen) atoms. The molecule has 1 atom stereocenters. The molecule has 0 radical (unpaired) electrons. The lowest BCUT2D eigenvalue weighted by Gasteiger charge is -2.25. The lowest BCUT2D eigenvalue weighted by molar-refractivity contribution is -0.384. The summed E-state index contributed by atoms with van der Waals surface area (Å²) in [6, 6.07) is 11.5. The van der Waals surface area contributed by atoms with Crippen LogP contribution in [0.15, 0.2) is 53.6 Å². The van der Waals surface area contributed by atoms with Gasteiger partial charge in [-0.3, -0.25) is 24.3 Å². The molecule has 0 bridgehead atoms. The minimum Gasteiger partial charge on any atom is -0.339 e. The van der Waals surface area contributed by atoms with Crippen LogP contribution in [0.1, 0.15) is 36.9 Å². The smallest absolute Gasteiger partial charge is 0.269 e. The summed E-state index contributed by atoms with van der Waals surface area (Å²) in [4.78, 5) is 41.7. The van der Waals surface area contributed by atoms with E-state index in [9.17, 15) is 19.7 Å². The summed E-state index contributed by atoms with van der Waals surface area (Å²) >= 11 is 0. The van der Waals surface area contributed by atoms with Crippen LogP contribution in [0.4, 0.5) is 5.69 Å². The Morgan fingerprint density at radius 2 is 2.00 bits per heavy atom. The number of aryl methyl sites for hydroxylation is 2. The van der Waals surface area contributed by atoms with E-state index in [-0.39, 0.29) is 29.6 Å². The number of fused-ring (bicyclic) bond motifs is 1. The molecule has 0 aliphatic carbocycles. The molecule has 156 valence electrons. The molecule has 3 rings (SSSR count). The van der Waals surface area contributed by atoms with E-state index >= 15 is 0 Å². The van der Waals surface area contributed by atoms with Crippen LogP contribution in [-0.4, -0.2) is 32.3 Å². The Kier molecular flexibility index (Phi) is 6.25. The highest BCUT2D eigenvalue weighted by Gasteiger charge is 2.19. The average molecular weight is 408 g/mol. The highest BCUT2D eigenvalue weighted by molar-refractivity contribution is 5.80. The lowest BCUT2D eigenvalue weighted by Crippen LogP contribution is -2.30. The fourth-order valence-corrected chi connectivity index (χ4v) is 3.41. The van der Waals surface area contributed by atoms with Gasteiger partial charge in [-0.1, -0.05) is 24.3 Å². The summed E-state index contributed by atoms with van der Waals surface area (Å²) in [5, 5.41) is 11.5. The first-order chi connectivity index (χ1) is 14.3. The van der Waals surface area contributed by atoms with E-state index in [1.807, 2.05) is 26.0 Å². The molecule has 0 unspecified atom stereocenters. The summed E-state index contributed by atoms with van der Waals surface area (Å²) in [5.41, 5.74) is 2.22. The number of rotatable bonds is 7. The van der Waals surface area contributed by atoms with Crippen LogP contribution < -0.4 is 5.56 Å². The van der Waals surface area contributed by atoms with Crippen LogP contribution in [0.25, 0.3) is 10.9 Å². The summed E-state index contributed by atoms with van der Waals surface area (Å²) in [7, 11) is 1.68. The maximum Gasteiger partial charge on any atom is 0.269 e. The van der Waals surface area contributed by atoms with Gasteiger partial charge in [0.25, 0.3) is 11.2 Å². The van der Waals surface area contributed by atoms with E-state index in [4.69, 9.17) is 0 Å². The second-order valence-electron chi connectivity index (χ2n) is 7.35. The third kappa shape index (κ3) is 4.37. The first-order valence-electron chi connectivity index (χ1n) is 9.74. The minimum absolute atomic E-state index is 0.00128. The fourth-order valence-electron chi connectivity index (χ4n) is 3.41. The predicted octanol–water partition coefficient (Wildman–Crippen LogP) is 3.61. The molecule has 0 saturated carbocycles. The van der Waals surface area contributed by atoms with Gasteiger partial charge in [-0.2, -0.15) is 0 Å². The number of carbonyl (C=O) groups excluding carboxylic acids is 1. The van der Waals surface area contributed by atoms with Crippen LogP contribution in [0, 0.1) is 17.0 Å². The van der Waals surface area contributed by atoms with Crippen molar-refractivity contribution in [3.05, 3.63) is 80.4 Å². The Balaban J connectivity index is 1.64. The third-order valence-electron chi connectivity index (χ3n) is 5.38. The van der Waals surface area contributed by atoms with Gasteiger partial charge in [0.05, 0.1) is 28.2 Å². The summed E-state index contributed by atoms with van der Waals surface area (Å²) < 4.78 is 1.53. The number of nitrogens with zero attached hydrogens (tertiary/aromatic N) is 4. The normalized spacial score (nSPS) is 12.0. The van der Waals surface area contributed by atoms with Gasteiger partial charge in [0, 0.05) is 32.1 Å². The number of nitro groups is 1. The minimum atomic E-state index is -0.450. The van der Waals surface area contributed by atoms with Crippen molar-refractivity contribution in [2.75, 3.05) is 7.05 Å². The van der Waals surface area contributed by atoms with Gasteiger partial charge in [-0.25, -0.2) is 4.98 Å². The zero-order chi connectivity index (χ0) is 21.8. The maximum atomic E-state index is 12.6. The zero-order valence-corrected chi connectivity index (χ0v) is 17.2. The summed E-state index contributed by atoms with van der Waals surface area (Å²) in [6.07, 6.45) is 2.27. The molecule has 0 aliphatic rings. The van der Waals surface area contributed by atoms with Crippen LogP contribution in [-0.2, 0) is 11.3 Å². The van der Waals surface area contributed by atoms with Gasteiger partial charge < -0.3 is 4.90 Å². The molecule has 0 N–H and O–H groups in total. The van der Waals surface area contributed by atoms with Crippen LogP contribution in [0.3, 0.4) is 0 Å². The molecule has 8 nitrogen and oxygen atoms in total. The number of nitro benzene ring substituents is 1. The van der Waals surface area contributed by atoms with Crippen molar-refractivity contribution in [2.24, 2.45) is 0 Å². The molecule has 0 saturated heterocycles. The molecule has 2 aromatic carbocycles. The topological polar surface area (TPSA) is 98.3 Å². The van der Waals surface area contributed by atoms with Crippen LogP contribution in [0.2, 0.25) is 0 Å². The highest BCUT2D eigenvalue weighted by Crippen LogP contribution is 2.23. The number of hydrogen-bond acceptors (Lipinski definition) is 5. The molecule has 3 aromatic rings. The summed E-state index contributed by atoms with van der Waals surface area (Å²) in [6.45, 7) is 4.13. The van der Waals surface area contributed by atoms with E-state index in [2.05, 4.69) is 4.98 Å². The van der Waals surface area contributed by atoms with Gasteiger partial charge >= 0.3 is 0 Å². The SMILES string of the molecule is Cc1cccc2c(=O)n(CCCC(=O)N(C)[C@H](C)c3cccc([N+](=O)[O-])c3)cnc12. The third-order valence-corrected chi connectivity index (χ3v) is 5.38. The van der Waals surface area contributed by atoms with Crippen molar-refractivity contribution >= 4 is 22.5 Å². The summed E-state index contributed by atoms with van der Waals surface area (Å²) in [5.74, 6) is -0.0911. The number of carbonyl (C=O) groups is 1. The van der Waals surface area contributed by atoms with Crippen molar-refractivity contribution in [1.29, 1.82) is 0 Å². The molecule has 1 aromatic heterocycles. The zero-order valence-electron chi connectivity index (χ0n) is 17.2. The Morgan fingerprint density at radius 3 is 2.73 bits per heavy atom. The number of non-ortho nitro benzene ring substituents is 1. The quantitative estimate of drug-likeness (QED) is 0.439. The fraction of sp³-hybridized carbons (Fsp3) is 0.318. The van der Waals surface area contributed by atoms with Crippen molar-refractivity contribution in [1.82, 2.24) is 14.5 Å². The van der Waals surface area contributed by atoms with Gasteiger partial charge in [0.2, 0.25) is 5.91 Å². The van der Waals surface area contributed by atoms with Crippen molar-refractivity contribution in [3.8, 4) is 0 Å². The van der Waals surface area contributed by atoms with E-state index in [1.165, 1.54) is 23.0 Å². The predicted molar refractivity (Wildman–Crippen MR) is 114 cm³/mol.